The number of carbonyl (C=O) groups excluding carboxylic acids is 1. The Kier molecular flexibility index (Phi) is 5.45. The van der Waals surface area contributed by atoms with Crippen LogP contribution in [0.4, 0.5) is 11.4 Å². The quantitative estimate of drug-likeness (QED) is 0.370. The molecule has 0 aliphatic rings. The lowest BCUT2D eigenvalue weighted by atomic mass is 10.2. The monoisotopic (exact) mass is 281 g/mol. The molecule has 0 spiro atoms. The van der Waals surface area contributed by atoms with Crippen LogP contribution in [0.5, 0.6) is 5.75 Å². The van der Waals surface area contributed by atoms with E-state index in [1.807, 2.05) is 0 Å². The van der Waals surface area contributed by atoms with Gasteiger partial charge in [0.1, 0.15) is 17.1 Å². The number of rotatable bonds is 6. The number of hydrazone groups is 1. The number of methoxy groups -OCH3 is 1. The average Bonchev–Trinajstić information content (AvgIpc) is 2.44. The molecule has 0 aliphatic carbocycles. The number of hydrogen-bond acceptors (Lipinski definition) is 7. The molecule has 0 aliphatic heterocycles. The average molecular weight is 281 g/mol. The van der Waals surface area contributed by atoms with Crippen molar-refractivity contribution in [1.29, 1.82) is 0 Å². The second-order valence-electron chi connectivity index (χ2n) is 3.67. The molecule has 108 valence electrons. The van der Waals surface area contributed by atoms with Gasteiger partial charge in [-0.05, 0) is 26.0 Å². The number of nitro groups is 1. The van der Waals surface area contributed by atoms with Crippen molar-refractivity contribution in [3.05, 3.63) is 28.3 Å². The molecule has 8 heteroatoms. The van der Waals surface area contributed by atoms with Crippen LogP contribution in [0.2, 0.25) is 0 Å². The molecule has 20 heavy (non-hydrogen) atoms. The van der Waals surface area contributed by atoms with Gasteiger partial charge < -0.3 is 9.47 Å². The Hall–Kier alpha value is -2.64. The summed E-state index contributed by atoms with van der Waals surface area (Å²) >= 11 is 0. The minimum absolute atomic E-state index is 0.0666. The van der Waals surface area contributed by atoms with E-state index in [1.54, 1.807) is 13.0 Å². The normalized spacial score (nSPS) is 10.8. The van der Waals surface area contributed by atoms with Crippen LogP contribution >= 0.6 is 0 Å². The number of esters is 1. The molecule has 0 aromatic heterocycles. The smallest absolute Gasteiger partial charge is 0.354 e. The van der Waals surface area contributed by atoms with Gasteiger partial charge in [-0.1, -0.05) is 0 Å². The molecule has 0 atom stereocenters. The number of nitrogens with one attached hydrogen (secondary N) is 1. The molecule has 0 fully saturated rings. The topological polar surface area (TPSA) is 103 Å². The third-order valence-corrected chi connectivity index (χ3v) is 2.32. The van der Waals surface area contributed by atoms with Gasteiger partial charge in [0.05, 0.1) is 24.7 Å². The summed E-state index contributed by atoms with van der Waals surface area (Å²) in [5, 5.41) is 14.7. The molecule has 0 radical (unpaired) electrons. The van der Waals surface area contributed by atoms with Crippen molar-refractivity contribution in [2.75, 3.05) is 19.1 Å². The Labute approximate surface area is 115 Å². The van der Waals surface area contributed by atoms with Crippen LogP contribution in [0.1, 0.15) is 13.8 Å². The van der Waals surface area contributed by atoms with Crippen LogP contribution in [0.3, 0.4) is 0 Å². The summed E-state index contributed by atoms with van der Waals surface area (Å²) in [7, 11) is 1.41. The molecule has 8 nitrogen and oxygen atoms in total. The molecule has 0 unspecified atom stereocenters. The third kappa shape index (κ3) is 3.94. The first-order chi connectivity index (χ1) is 9.49. The lowest BCUT2D eigenvalue weighted by Gasteiger charge is -2.06. The molecular formula is C12H15N3O5. The third-order valence-electron chi connectivity index (χ3n) is 2.32. The van der Waals surface area contributed by atoms with Gasteiger partial charge in [-0.25, -0.2) is 4.79 Å². The summed E-state index contributed by atoms with van der Waals surface area (Å²) in [6.07, 6.45) is 0. The summed E-state index contributed by atoms with van der Waals surface area (Å²) in [4.78, 5) is 21.7. The Balaban J connectivity index is 2.95. The highest BCUT2D eigenvalue weighted by Gasteiger charge is 2.15. The maximum absolute atomic E-state index is 11.3. The Morgan fingerprint density at radius 1 is 1.50 bits per heavy atom. The number of nitro benzene ring substituents is 1. The predicted molar refractivity (Wildman–Crippen MR) is 73.0 cm³/mol. The van der Waals surface area contributed by atoms with Gasteiger partial charge in [-0.3, -0.25) is 15.5 Å². The van der Waals surface area contributed by atoms with Crippen LogP contribution in [-0.4, -0.2) is 30.3 Å². The lowest BCUT2D eigenvalue weighted by Crippen LogP contribution is -2.15. The predicted octanol–water partition coefficient (Wildman–Crippen LogP) is 1.95. The lowest BCUT2D eigenvalue weighted by molar-refractivity contribution is -0.384. The largest absolute Gasteiger partial charge is 0.496 e. The van der Waals surface area contributed by atoms with Crippen molar-refractivity contribution in [1.82, 2.24) is 0 Å². The van der Waals surface area contributed by atoms with Crippen molar-refractivity contribution >= 4 is 23.1 Å². The highest BCUT2D eigenvalue weighted by molar-refractivity contribution is 6.35. The van der Waals surface area contributed by atoms with E-state index >= 15 is 0 Å². The zero-order chi connectivity index (χ0) is 15.1. The fourth-order valence-corrected chi connectivity index (χ4v) is 1.31. The molecule has 1 N–H and O–H groups in total. The van der Waals surface area contributed by atoms with Gasteiger partial charge >= 0.3 is 5.97 Å². The molecule has 1 aromatic rings. The molecule has 0 saturated carbocycles. The minimum Gasteiger partial charge on any atom is -0.496 e. The fourth-order valence-electron chi connectivity index (χ4n) is 1.31. The SMILES string of the molecule is CCOC(=O)/C(C)=N/Nc1ccc(OC)cc1[N+](=O)[O-]. The summed E-state index contributed by atoms with van der Waals surface area (Å²) < 4.78 is 9.66. The van der Waals surface area contributed by atoms with Gasteiger partial charge in [0.25, 0.3) is 5.69 Å². The van der Waals surface area contributed by atoms with Crippen LogP contribution in [-0.2, 0) is 9.53 Å². The molecule has 0 heterocycles. The molecule has 0 amide bonds. The minimum atomic E-state index is -0.587. The first kappa shape index (κ1) is 15.4. The second-order valence-corrected chi connectivity index (χ2v) is 3.67. The second kappa shape index (κ2) is 7.07. The van der Waals surface area contributed by atoms with Gasteiger partial charge in [0.2, 0.25) is 0 Å². The zero-order valence-corrected chi connectivity index (χ0v) is 11.4. The van der Waals surface area contributed by atoms with E-state index in [9.17, 15) is 14.9 Å². The number of hydrogen-bond donors (Lipinski definition) is 1. The highest BCUT2D eigenvalue weighted by Crippen LogP contribution is 2.28. The first-order valence-corrected chi connectivity index (χ1v) is 5.79. The first-order valence-electron chi connectivity index (χ1n) is 5.79. The van der Waals surface area contributed by atoms with Gasteiger partial charge in [0, 0.05) is 0 Å². The van der Waals surface area contributed by atoms with E-state index in [0.717, 1.165) is 0 Å². The maximum Gasteiger partial charge on any atom is 0.354 e. The van der Waals surface area contributed by atoms with Crippen molar-refractivity contribution in [3.63, 3.8) is 0 Å². The number of ether oxygens (including phenoxy) is 2. The molecule has 0 saturated heterocycles. The number of nitrogens with zero attached hydrogens (tertiary/aromatic N) is 2. The van der Waals surface area contributed by atoms with E-state index < -0.39 is 10.9 Å². The van der Waals surface area contributed by atoms with Crippen LogP contribution in [0.25, 0.3) is 0 Å². The summed E-state index contributed by atoms with van der Waals surface area (Å²) in [5.41, 5.74) is 2.49. The zero-order valence-electron chi connectivity index (χ0n) is 11.4. The van der Waals surface area contributed by atoms with Crippen LogP contribution < -0.4 is 10.2 Å². The van der Waals surface area contributed by atoms with Gasteiger partial charge in [-0.15, -0.1) is 0 Å². The van der Waals surface area contributed by atoms with E-state index in [4.69, 9.17) is 9.47 Å². The van der Waals surface area contributed by atoms with Gasteiger partial charge in [0.15, 0.2) is 0 Å². The summed E-state index contributed by atoms with van der Waals surface area (Å²) in [5.74, 6) is -0.232. The van der Waals surface area contributed by atoms with E-state index in [0.29, 0.717) is 5.75 Å². The van der Waals surface area contributed by atoms with Crippen molar-refractivity contribution in [2.45, 2.75) is 13.8 Å². The standard InChI is InChI=1S/C12H15N3O5/c1-4-20-12(16)8(2)13-14-10-6-5-9(19-3)7-11(10)15(17)18/h5-7,14H,4H2,1-3H3/b13-8+. The highest BCUT2D eigenvalue weighted by atomic mass is 16.6. The Morgan fingerprint density at radius 2 is 2.20 bits per heavy atom. The molecule has 1 aromatic carbocycles. The number of anilines is 1. The number of carbonyl (C=O) groups is 1. The van der Waals surface area contributed by atoms with Gasteiger partial charge in [-0.2, -0.15) is 5.10 Å². The summed E-state index contributed by atoms with van der Waals surface area (Å²) in [6.45, 7) is 3.35. The maximum atomic E-state index is 11.3. The van der Waals surface area contributed by atoms with Crippen molar-refractivity contribution < 1.29 is 19.2 Å². The van der Waals surface area contributed by atoms with E-state index in [1.165, 1.54) is 26.2 Å². The van der Waals surface area contributed by atoms with Crippen LogP contribution in [0, 0.1) is 10.1 Å². The van der Waals surface area contributed by atoms with Crippen LogP contribution in [0.15, 0.2) is 23.3 Å². The Morgan fingerprint density at radius 3 is 2.75 bits per heavy atom. The Bertz CT molecular complexity index is 542. The molecule has 0 bridgehead atoms. The van der Waals surface area contributed by atoms with E-state index in [-0.39, 0.29) is 23.7 Å². The van der Waals surface area contributed by atoms with E-state index in [2.05, 4.69) is 10.5 Å². The number of benzene rings is 1. The molecule has 1 rings (SSSR count). The van der Waals surface area contributed by atoms with Crippen molar-refractivity contribution in [2.24, 2.45) is 5.10 Å². The summed E-state index contributed by atoms with van der Waals surface area (Å²) in [6, 6.07) is 4.25. The van der Waals surface area contributed by atoms with Crippen molar-refractivity contribution in [3.8, 4) is 5.75 Å². The fraction of sp³-hybridized carbons (Fsp3) is 0.333. The molecular weight excluding hydrogens is 266 g/mol.